The molecule has 0 saturated carbocycles. The summed E-state index contributed by atoms with van der Waals surface area (Å²) in [7, 11) is -1.50. The molecule has 1 heterocycles. The quantitative estimate of drug-likeness (QED) is 0.566. The van der Waals surface area contributed by atoms with Crippen molar-refractivity contribution in [2.45, 2.75) is 6.54 Å². The van der Waals surface area contributed by atoms with Crippen LogP contribution >= 0.6 is 0 Å². The molecule has 3 N–H and O–H groups in total. The number of aliphatic hydroxyl groups excluding tert-OH is 1. The van der Waals surface area contributed by atoms with Crippen molar-refractivity contribution < 1.29 is 15.2 Å². The van der Waals surface area contributed by atoms with Crippen molar-refractivity contribution >= 4 is 12.6 Å². The van der Waals surface area contributed by atoms with Crippen molar-refractivity contribution in [1.29, 1.82) is 0 Å². The first-order valence-electron chi connectivity index (χ1n) is 5.18. The Bertz CT molecular complexity index is 501. The molecule has 88 valence electrons. The Balaban J connectivity index is 2.28. The van der Waals surface area contributed by atoms with E-state index >= 15 is 0 Å². The zero-order valence-electron chi connectivity index (χ0n) is 9.06. The van der Waals surface area contributed by atoms with Gasteiger partial charge in [-0.05, 0) is 5.46 Å². The van der Waals surface area contributed by atoms with Gasteiger partial charge in [-0.2, -0.15) is 0 Å². The molecule has 17 heavy (non-hydrogen) atoms. The SMILES string of the molecule is OCCn1cc(-c2cccc(B(O)O)c2)nn1. The third-order valence-corrected chi connectivity index (χ3v) is 2.35. The molecule has 0 spiro atoms. The second kappa shape index (κ2) is 5.09. The van der Waals surface area contributed by atoms with E-state index in [2.05, 4.69) is 10.3 Å². The fourth-order valence-electron chi connectivity index (χ4n) is 1.50. The summed E-state index contributed by atoms with van der Waals surface area (Å²) in [6, 6.07) is 6.78. The predicted octanol–water partition coefficient (Wildman–Crippen LogP) is -1.38. The van der Waals surface area contributed by atoms with Gasteiger partial charge in [-0.3, -0.25) is 0 Å². The minimum Gasteiger partial charge on any atom is -0.423 e. The van der Waals surface area contributed by atoms with Gasteiger partial charge in [0.2, 0.25) is 0 Å². The Hall–Kier alpha value is -1.70. The van der Waals surface area contributed by atoms with E-state index in [0.29, 0.717) is 17.7 Å². The zero-order valence-corrected chi connectivity index (χ0v) is 9.06. The van der Waals surface area contributed by atoms with E-state index in [9.17, 15) is 0 Å². The minimum atomic E-state index is -1.50. The highest BCUT2D eigenvalue weighted by Gasteiger charge is 2.12. The van der Waals surface area contributed by atoms with Gasteiger partial charge in [0, 0.05) is 5.56 Å². The van der Waals surface area contributed by atoms with Gasteiger partial charge in [-0.15, -0.1) is 5.10 Å². The number of benzene rings is 1. The molecule has 0 atom stereocenters. The van der Waals surface area contributed by atoms with Crippen LogP contribution in [-0.4, -0.2) is 43.9 Å². The van der Waals surface area contributed by atoms with Gasteiger partial charge in [0.15, 0.2) is 0 Å². The molecule has 0 fully saturated rings. The third kappa shape index (κ3) is 2.70. The summed E-state index contributed by atoms with van der Waals surface area (Å²) in [5.41, 5.74) is 1.78. The molecule has 1 aromatic heterocycles. The lowest BCUT2D eigenvalue weighted by Crippen LogP contribution is -2.29. The molecule has 2 rings (SSSR count). The summed E-state index contributed by atoms with van der Waals surface area (Å²) in [5.74, 6) is 0. The van der Waals surface area contributed by atoms with Gasteiger partial charge in [0.1, 0.15) is 5.69 Å². The average molecular weight is 233 g/mol. The van der Waals surface area contributed by atoms with Crippen molar-refractivity contribution in [3.63, 3.8) is 0 Å². The lowest BCUT2D eigenvalue weighted by atomic mass is 9.79. The lowest BCUT2D eigenvalue weighted by Gasteiger charge is -2.01. The van der Waals surface area contributed by atoms with Crippen LogP contribution in [-0.2, 0) is 6.54 Å². The molecular weight excluding hydrogens is 221 g/mol. The van der Waals surface area contributed by atoms with Gasteiger partial charge in [0.05, 0.1) is 19.3 Å². The molecule has 0 aliphatic heterocycles. The van der Waals surface area contributed by atoms with Crippen LogP contribution in [0.5, 0.6) is 0 Å². The smallest absolute Gasteiger partial charge is 0.423 e. The number of aliphatic hydroxyl groups is 1. The van der Waals surface area contributed by atoms with Crippen LogP contribution in [0, 0.1) is 0 Å². The van der Waals surface area contributed by atoms with Crippen LogP contribution in [0.4, 0.5) is 0 Å². The van der Waals surface area contributed by atoms with Gasteiger partial charge < -0.3 is 15.2 Å². The summed E-state index contributed by atoms with van der Waals surface area (Å²) >= 11 is 0. The highest BCUT2D eigenvalue weighted by molar-refractivity contribution is 6.58. The molecule has 6 nitrogen and oxygen atoms in total. The second-order valence-corrected chi connectivity index (χ2v) is 3.59. The summed E-state index contributed by atoms with van der Waals surface area (Å²) in [6.07, 6.45) is 1.69. The molecule has 2 aromatic rings. The largest absolute Gasteiger partial charge is 0.488 e. The number of aromatic nitrogens is 3. The predicted molar refractivity (Wildman–Crippen MR) is 62.4 cm³/mol. The monoisotopic (exact) mass is 233 g/mol. The van der Waals surface area contributed by atoms with Gasteiger partial charge in [0.25, 0.3) is 0 Å². The van der Waals surface area contributed by atoms with E-state index in [1.54, 1.807) is 30.5 Å². The number of nitrogens with zero attached hydrogens (tertiary/aromatic N) is 3. The second-order valence-electron chi connectivity index (χ2n) is 3.59. The summed E-state index contributed by atoms with van der Waals surface area (Å²) in [5, 5.41) is 34.7. The van der Waals surface area contributed by atoms with Crippen LogP contribution in [0.25, 0.3) is 11.3 Å². The summed E-state index contributed by atoms with van der Waals surface area (Å²) < 4.78 is 1.53. The van der Waals surface area contributed by atoms with Crippen molar-refractivity contribution in [3.8, 4) is 11.3 Å². The normalized spacial score (nSPS) is 10.5. The first-order valence-corrected chi connectivity index (χ1v) is 5.18. The Morgan fingerprint density at radius 2 is 2.12 bits per heavy atom. The Morgan fingerprint density at radius 3 is 2.82 bits per heavy atom. The van der Waals surface area contributed by atoms with Gasteiger partial charge in [-0.1, -0.05) is 29.5 Å². The number of hydrogen-bond donors (Lipinski definition) is 3. The number of hydrogen-bond acceptors (Lipinski definition) is 5. The van der Waals surface area contributed by atoms with Crippen LogP contribution < -0.4 is 5.46 Å². The fraction of sp³-hybridized carbons (Fsp3) is 0.200. The van der Waals surface area contributed by atoms with Crippen LogP contribution in [0.3, 0.4) is 0 Å². The first-order chi connectivity index (χ1) is 8.20. The lowest BCUT2D eigenvalue weighted by molar-refractivity contribution is 0.268. The highest BCUT2D eigenvalue weighted by Crippen LogP contribution is 2.14. The van der Waals surface area contributed by atoms with Gasteiger partial charge >= 0.3 is 7.12 Å². The summed E-state index contributed by atoms with van der Waals surface area (Å²) in [4.78, 5) is 0. The maximum atomic E-state index is 9.07. The Morgan fingerprint density at radius 1 is 1.29 bits per heavy atom. The molecule has 1 aromatic carbocycles. The van der Waals surface area contributed by atoms with Crippen LogP contribution in [0.2, 0.25) is 0 Å². The first kappa shape index (κ1) is 11.8. The van der Waals surface area contributed by atoms with Crippen molar-refractivity contribution in [2.75, 3.05) is 6.61 Å². The van der Waals surface area contributed by atoms with Crippen molar-refractivity contribution in [2.24, 2.45) is 0 Å². The molecule has 0 unspecified atom stereocenters. The maximum absolute atomic E-state index is 9.07. The maximum Gasteiger partial charge on any atom is 0.488 e. The highest BCUT2D eigenvalue weighted by atomic mass is 16.4. The van der Waals surface area contributed by atoms with E-state index in [1.165, 1.54) is 4.68 Å². The van der Waals surface area contributed by atoms with E-state index < -0.39 is 7.12 Å². The molecule has 0 radical (unpaired) electrons. The molecular formula is C10H12BN3O3. The summed E-state index contributed by atoms with van der Waals surface area (Å²) in [6.45, 7) is 0.382. The van der Waals surface area contributed by atoms with E-state index in [4.69, 9.17) is 15.2 Å². The van der Waals surface area contributed by atoms with E-state index in [-0.39, 0.29) is 6.61 Å². The minimum absolute atomic E-state index is 0.00179. The van der Waals surface area contributed by atoms with Gasteiger partial charge in [-0.25, -0.2) is 4.68 Å². The van der Waals surface area contributed by atoms with Crippen LogP contribution in [0.1, 0.15) is 0 Å². The molecule has 0 aliphatic rings. The van der Waals surface area contributed by atoms with E-state index in [1.807, 2.05) is 0 Å². The average Bonchev–Trinajstić information content (AvgIpc) is 2.78. The Kier molecular flexibility index (Phi) is 3.53. The topological polar surface area (TPSA) is 91.4 Å². The Labute approximate surface area is 98.3 Å². The standard InChI is InChI=1S/C10H12BN3O3/c15-5-4-14-7-10(12-13-14)8-2-1-3-9(6-8)11(16)17/h1-3,6-7,15-17H,4-5H2. The van der Waals surface area contributed by atoms with Crippen LogP contribution in [0.15, 0.2) is 30.5 Å². The molecule has 0 aliphatic carbocycles. The molecule has 0 bridgehead atoms. The molecule has 7 heteroatoms. The third-order valence-electron chi connectivity index (χ3n) is 2.35. The molecule has 0 amide bonds. The molecule has 0 saturated heterocycles. The van der Waals surface area contributed by atoms with E-state index in [0.717, 1.165) is 5.56 Å². The fourth-order valence-corrected chi connectivity index (χ4v) is 1.50. The zero-order chi connectivity index (χ0) is 12.3. The van der Waals surface area contributed by atoms with Crippen molar-refractivity contribution in [1.82, 2.24) is 15.0 Å². The van der Waals surface area contributed by atoms with Crippen molar-refractivity contribution in [3.05, 3.63) is 30.5 Å². The number of rotatable bonds is 4.